The van der Waals surface area contributed by atoms with Gasteiger partial charge in [-0.25, -0.2) is 0 Å². The molecule has 0 bridgehead atoms. The van der Waals surface area contributed by atoms with E-state index in [0.717, 1.165) is 33.5 Å². The predicted molar refractivity (Wildman–Crippen MR) is 98.7 cm³/mol. The molecule has 0 saturated carbocycles. The molecule has 0 unspecified atom stereocenters. The Morgan fingerprint density at radius 2 is 1.64 bits per heavy atom. The first kappa shape index (κ1) is 17.2. The van der Waals surface area contributed by atoms with Gasteiger partial charge in [0.05, 0.1) is 25.4 Å². The minimum atomic E-state index is 0.168. The van der Waals surface area contributed by atoms with Crippen LogP contribution in [-0.4, -0.2) is 32.7 Å². The van der Waals surface area contributed by atoms with Crippen molar-refractivity contribution in [1.82, 2.24) is 4.57 Å². The van der Waals surface area contributed by atoms with Crippen LogP contribution in [0, 0.1) is 6.92 Å². The fourth-order valence-corrected chi connectivity index (χ4v) is 3.27. The van der Waals surface area contributed by atoms with E-state index in [9.17, 15) is 0 Å². The molecule has 0 amide bonds. The Morgan fingerprint density at radius 1 is 0.920 bits per heavy atom. The number of nitrogens with zero attached hydrogens (tertiary/aromatic N) is 1. The number of aromatic nitrogens is 1. The molecule has 0 N–H and O–H groups in total. The second-order valence-corrected chi connectivity index (χ2v) is 5.80. The molecule has 0 spiro atoms. The topological polar surface area (TPSA) is 41.9 Å². The first-order valence-electron chi connectivity index (χ1n) is 8.04. The lowest BCUT2D eigenvalue weighted by atomic mass is 10.1. The summed E-state index contributed by atoms with van der Waals surface area (Å²) in [6.45, 7) is 2.27. The zero-order valence-corrected chi connectivity index (χ0v) is 15.3. The maximum absolute atomic E-state index is 5.83. The molecule has 0 atom stereocenters. The Balaban J connectivity index is 2.23. The van der Waals surface area contributed by atoms with Crippen molar-refractivity contribution in [2.45, 2.75) is 6.92 Å². The van der Waals surface area contributed by atoms with Gasteiger partial charge in [-0.05, 0) is 54.4 Å². The normalized spacial score (nSPS) is 10.9. The van der Waals surface area contributed by atoms with Gasteiger partial charge in [0.15, 0.2) is 18.3 Å². The molecule has 3 aromatic rings. The monoisotopic (exact) mass is 341 g/mol. The molecule has 1 aromatic heterocycles. The lowest BCUT2D eigenvalue weighted by Gasteiger charge is -2.12. The molecule has 0 aliphatic carbocycles. The molecule has 132 valence electrons. The summed E-state index contributed by atoms with van der Waals surface area (Å²) in [5, 5.41) is 1.03. The molecule has 5 heteroatoms. The largest absolute Gasteiger partial charge is 0.497 e. The summed E-state index contributed by atoms with van der Waals surface area (Å²) in [6.07, 6.45) is 0. The van der Waals surface area contributed by atoms with E-state index in [2.05, 4.69) is 30.7 Å². The Morgan fingerprint density at radius 3 is 2.24 bits per heavy atom. The Labute approximate surface area is 147 Å². The van der Waals surface area contributed by atoms with Crippen molar-refractivity contribution in [2.24, 2.45) is 7.05 Å². The average Bonchev–Trinajstić information content (AvgIpc) is 2.90. The summed E-state index contributed by atoms with van der Waals surface area (Å²) in [4.78, 5) is 0. The van der Waals surface area contributed by atoms with E-state index in [1.807, 2.05) is 24.3 Å². The fourth-order valence-electron chi connectivity index (χ4n) is 3.27. The summed E-state index contributed by atoms with van der Waals surface area (Å²) in [6, 6.07) is 12.0. The van der Waals surface area contributed by atoms with Crippen LogP contribution in [0.2, 0.25) is 0 Å². The maximum Gasteiger partial charge on any atom is 0.188 e. The molecule has 25 heavy (non-hydrogen) atoms. The van der Waals surface area contributed by atoms with Gasteiger partial charge in [0.2, 0.25) is 0 Å². The van der Waals surface area contributed by atoms with Crippen molar-refractivity contribution in [3.05, 3.63) is 42.0 Å². The highest BCUT2D eigenvalue weighted by molar-refractivity contribution is 5.97. The second kappa shape index (κ2) is 7.07. The van der Waals surface area contributed by atoms with E-state index in [-0.39, 0.29) is 6.79 Å². The highest BCUT2D eigenvalue weighted by atomic mass is 16.7. The van der Waals surface area contributed by atoms with Crippen LogP contribution in [-0.2, 0) is 11.8 Å². The van der Waals surface area contributed by atoms with Crippen molar-refractivity contribution in [3.8, 4) is 28.5 Å². The van der Waals surface area contributed by atoms with Crippen LogP contribution in [0.1, 0.15) is 5.56 Å². The predicted octanol–water partition coefficient (Wildman–Crippen LogP) is 4.15. The standard InChI is InChI=1S/C20H23NO4/c1-13-18-16(10-11-17(24-5)20(18)25-12-22-3)21(2)19(13)14-6-8-15(23-4)9-7-14/h6-11H,12H2,1-5H3. The van der Waals surface area contributed by atoms with Gasteiger partial charge in [-0.2, -0.15) is 0 Å². The Bertz CT molecular complexity index is 881. The second-order valence-electron chi connectivity index (χ2n) is 5.80. The van der Waals surface area contributed by atoms with Crippen molar-refractivity contribution in [1.29, 1.82) is 0 Å². The van der Waals surface area contributed by atoms with Crippen molar-refractivity contribution >= 4 is 10.9 Å². The number of methoxy groups -OCH3 is 3. The summed E-state index contributed by atoms with van der Waals surface area (Å²) in [5.74, 6) is 2.24. The third-order valence-corrected chi connectivity index (χ3v) is 4.43. The first-order valence-corrected chi connectivity index (χ1v) is 8.04. The van der Waals surface area contributed by atoms with Gasteiger partial charge in [-0.1, -0.05) is 0 Å². The molecule has 0 radical (unpaired) electrons. The van der Waals surface area contributed by atoms with Gasteiger partial charge >= 0.3 is 0 Å². The van der Waals surface area contributed by atoms with Gasteiger partial charge in [0.1, 0.15) is 5.75 Å². The third-order valence-electron chi connectivity index (χ3n) is 4.43. The highest BCUT2D eigenvalue weighted by Gasteiger charge is 2.20. The summed E-state index contributed by atoms with van der Waals surface area (Å²) < 4.78 is 23.8. The number of benzene rings is 2. The quantitative estimate of drug-likeness (QED) is 0.632. The molecule has 1 heterocycles. The number of fused-ring (bicyclic) bond motifs is 1. The first-order chi connectivity index (χ1) is 12.1. The summed E-state index contributed by atoms with van der Waals surface area (Å²) in [5.41, 5.74) is 4.46. The summed E-state index contributed by atoms with van der Waals surface area (Å²) >= 11 is 0. The molecular weight excluding hydrogens is 318 g/mol. The molecule has 0 fully saturated rings. The van der Waals surface area contributed by atoms with Crippen molar-refractivity contribution in [2.75, 3.05) is 28.1 Å². The van der Waals surface area contributed by atoms with Crippen molar-refractivity contribution in [3.63, 3.8) is 0 Å². The van der Waals surface area contributed by atoms with Crippen LogP contribution in [0.15, 0.2) is 36.4 Å². The minimum Gasteiger partial charge on any atom is -0.497 e. The zero-order chi connectivity index (χ0) is 18.0. The SMILES string of the molecule is COCOc1c(OC)ccc2c1c(C)c(-c1ccc(OC)cc1)n2C. The Kier molecular flexibility index (Phi) is 4.86. The molecule has 0 aliphatic rings. The number of hydrogen-bond acceptors (Lipinski definition) is 4. The number of rotatable bonds is 6. The van der Waals surface area contributed by atoms with Gasteiger partial charge < -0.3 is 23.5 Å². The summed E-state index contributed by atoms with van der Waals surface area (Å²) in [7, 11) is 6.97. The highest BCUT2D eigenvalue weighted by Crippen LogP contribution is 2.42. The number of ether oxygens (including phenoxy) is 4. The molecule has 5 nitrogen and oxygen atoms in total. The number of hydrogen-bond donors (Lipinski definition) is 0. The molecule has 3 rings (SSSR count). The van der Waals surface area contributed by atoms with Gasteiger partial charge in [0, 0.05) is 19.5 Å². The maximum atomic E-state index is 5.83. The molecule has 0 aliphatic heterocycles. The van der Waals surface area contributed by atoms with Gasteiger partial charge in [-0.15, -0.1) is 0 Å². The van der Waals surface area contributed by atoms with Gasteiger partial charge in [0.25, 0.3) is 0 Å². The van der Waals surface area contributed by atoms with Crippen LogP contribution >= 0.6 is 0 Å². The van der Waals surface area contributed by atoms with Gasteiger partial charge in [-0.3, -0.25) is 0 Å². The Hall–Kier alpha value is -2.66. The van der Waals surface area contributed by atoms with E-state index >= 15 is 0 Å². The third kappa shape index (κ3) is 2.91. The van der Waals surface area contributed by atoms with E-state index in [0.29, 0.717) is 11.5 Å². The number of aryl methyl sites for hydroxylation is 2. The van der Waals surface area contributed by atoms with Crippen LogP contribution in [0.4, 0.5) is 0 Å². The van der Waals surface area contributed by atoms with Crippen molar-refractivity contribution < 1.29 is 18.9 Å². The molecular formula is C20H23NO4. The van der Waals surface area contributed by atoms with E-state index in [4.69, 9.17) is 18.9 Å². The van der Waals surface area contributed by atoms with E-state index in [1.165, 1.54) is 0 Å². The smallest absolute Gasteiger partial charge is 0.188 e. The zero-order valence-electron chi connectivity index (χ0n) is 15.3. The van der Waals surface area contributed by atoms with E-state index in [1.54, 1.807) is 21.3 Å². The lowest BCUT2D eigenvalue weighted by Crippen LogP contribution is -2.01. The minimum absolute atomic E-state index is 0.168. The fraction of sp³-hybridized carbons (Fsp3) is 0.300. The van der Waals surface area contributed by atoms with Crippen LogP contribution in [0.3, 0.4) is 0 Å². The van der Waals surface area contributed by atoms with Crippen LogP contribution in [0.25, 0.3) is 22.2 Å². The average molecular weight is 341 g/mol. The van der Waals surface area contributed by atoms with Crippen LogP contribution < -0.4 is 14.2 Å². The van der Waals surface area contributed by atoms with E-state index < -0.39 is 0 Å². The molecule has 2 aromatic carbocycles. The van der Waals surface area contributed by atoms with Crippen LogP contribution in [0.5, 0.6) is 17.2 Å². The molecule has 0 saturated heterocycles. The lowest BCUT2D eigenvalue weighted by molar-refractivity contribution is 0.0503.